The van der Waals surface area contributed by atoms with Crippen molar-refractivity contribution < 1.29 is 34.4 Å². The molecule has 0 aliphatic heterocycles. The zero-order valence-corrected chi connectivity index (χ0v) is 28.2. The Morgan fingerprint density at radius 3 is 1.78 bits per heavy atom. The molecule has 7 nitrogen and oxygen atoms in total. The smallest absolute Gasteiger partial charge is 0.306 e. The summed E-state index contributed by atoms with van der Waals surface area (Å²) in [6.07, 6.45) is 33.2. The molecule has 0 spiro atoms. The maximum absolute atomic E-state index is 11.9. The van der Waals surface area contributed by atoms with E-state index in [4.69, 9.17) is 9.47 Å². The highest BCUT2D eigenvalue weighted by atomic mass is 16.6. The van der Waals surface area contributed by atoms with Crippen LogP contribution in [-0.4, -0.2) is 58.8 Å². The number of carbonyl (C=O) groups is 2. The minimum Gasteiger partial charge on any atom is -0.463 e. The van der Waals surface area contributed by atoms with Crippen molar-refractivity contribution in [3.05, 3.63) is 72.9 Å². The van der Waals surface area contributed by atoms with E-state index in [9.17, 15) is 24.9 Å². The maximum atomic E-state index is 11.9. The van der Waals surface area contributed by atoms with Crippen LogP contribution in [0.2, 0.25) is 0 Å². The highest BCUT2D eigenvalue weighted by molar-refractivity contribution is 5.70. The van der Waals surface area contributed by atoms with E-state index in [0.717, 1.165) is 31.6 Å². The number of esters is 2. The third-order valence-corrected chi connectivity index (χ3v) is 7.18. The monoisotopic (exact) mass is 630 g/mol. The Kier molecular flexibility index (Phi) is 29.3. The Morgan fingerprint density at radius 1 is 0.644 bits per heavy atom. The zero-order valence-electron chi connectivity index (χ0n) is 28.2. The van der Waals surface area contributed by atoms with E-state index in [0.29, 0.717) is 32.1 Å². The molecule has 0 heterocycles. The van der Waals surface area contributed by atoms with Crippen LogP contribution in [0, 0.1) is 5.92 Å². The first-order valence-electron chi connectivity index (χ1n) is 17.1. The number of rotatable bonds is 28. The molecule has 7 heteroatoms. The van der Waals surface area contributed by atoms with Crippen molar-refractivity contribution in [2.24, 2.45) is 5.92 Å². The van der Waals surface area contributed by atoms with Crippen molar-refractivity contribution in [3.63, 3.8) is 0 Å². The minimum absolute atomic E-state index is 0.172. The molecule has 0 saturated heterocycles. The van der Waals surface area contributed by atoms with E-state index in [1.54, 1.807) is 30.4 Å². The van der Waals surface area contributed by atoms with Gasteiger partial charge in [-0.1, -0.05) is 139 Å². The number of allylic oxidation sites excluding steroid dienone is 8. The molecule has 45 heavy (non-hydrogen) atoms. The fraction of sp³-hybridized carbons (Fsp3) is 0.632. The van der Waals surface area contributed by atoms with Crippen molar-refractivity contribution in [3.8, 4) is 0 Å². The van der Waals surface area contributed by atoms with Gasteiger partial charge in [-0.05, 0) is 44.4 Å². The van der Waals surface area contributed by atoms with Gasteiger partial charge in [0.25, 0.3) is 0 Å². The van der Waals surface area contributed by atoms with Crippen molar-refractivity contribution in [2.75, 3.05) is 13.2 Å². The number of unbranched alkanes of at least 4 members (excludes halogenated alkanes) is 5. The van der Waals surface area contributed by atoms with Crippen molar-refractivity contribution in [1.29, 1.82) is 0 Å². The van der Waals surface area contributed by atoms with Crippen LogP contribution in [-0.2, 0) is 19.1 Å². The first kappa shape index (κ1) is 42.3. The second-order valence-corrected chi connectivity index (χ2v) is 11.6. The van der Waals surface area contributed by atoms with Crippen LogP contribution in [0.3, 0.4) is 0 Å². The fourth-order valence-corrected chi connectivity index (χ4v) is 4.14. The Labute approximate surface area is 273 Å². The summed E-state index contributed by atoms with van der Waals surface area (Å²) in [7, 11) is 0. The van der Waals surface area contributed by atoms with Gasteiger partial charge in [-0.25, -0.2) is 0 Å². The van der Waals surface area contributed by atoms with Crippen LogP contribution in [0.15, 0.2) is 72.9 Å². The Bertz CT molecular complexity index is 900. The van der Waals surface area contributed by atoms with Crippen molar-refractivity contribution in [1.82, 2.24) is 0 Å². The molecule has 4 atom stereocenters. The Balaban J connectivity index is 3.81. The molecule has 0 aliphatic carbocycles. The molecular formula is C38H62O7. The molecule has 0 aromatic carbocycles. The number of hydrogen-bond donors (Lipinski definition) is 3. The maximum Gasteiger partial charge on any atom is 0.306 e. The van der Waals surface area contributed by atoms with Crippen LogP contribution in [0.5, 0.6) is 0 Å². The van der Waals surface area contributed by atoms with Crippen LogP contribution in [0.25, 0.3) is 0 Å². The zero-order chi connectivity index (χ0) is 33.4. The summed E-state index contributed by atoms with van der Waals surface area (Å²) in [5.41, 5.74) is 0. The summed E-state index contributed by atoms with van der Waals surface area (Å²) in [5, 5.41) is 29.7. The van der Waals surface area contributed by atoms with Crippen LogP contribution in [0.1, 0.15) is 117 Å². The minimum atomic E-state index is -1.03. The van der Waals surface area contributed by atoms with E-state index in [1.807, 2.05) is 42.5 Å². The molecule has 3 N–H and O–H groups in total. The molecule has 1 unspecified atom stereocenters. The highest BCUT2D eigenvalue weighted by Gasteiger charge is 2.11. The number of aliphatic hydroxyl groups excluding tert-OH is 3. The molecule has 256 valence electrons. The van der Waals surface area contributed by atoms with Crippen LogP contribution in [0.4, 0.5) is 0 Å². The first-order valence-corrected chi connectivity index (χ1v) is 17.1. The number of hydrogen-bond acceptors (Lipinski definition) is 7. The van der Waals surface area contributed by atoms with Gasteiger partial charge in [0.1, 0.15) is 19.3 Å². The Morgan fingerprint density at radius 2 is 1.18 bits per heavy atom. The van der Waals surface area contributed by atoms with Gasteiger partial charge in [-0.3, -0.25) is 9.59 Å². The van der Waals surface area contributed by atoms with E-state index in [-0.39, 0.29) is 25.6 Å². The third kappa shape index (κ3) is 31.0. The lowest BCUT2D eigenvalue weighted by molar-refractivity contribution is -0.152. The SMILES string of the molecule is CC/C=C\C[C@@H](O)/C=C/C=C\C=C\[C@@H](O)C/C=C\C/C=C\CCC(=O)OC[C@@H](O)COC(=O)CCCCCCCCC(C)CC. The largest absolute Gasteiger partial charge is 0.463 e. The molecule has 0 rings (SSSR count). The second-order valence-electron chi connectivity index (χ2n) is 11.6. The van der Waals surface area contributed by atoms with Crippen LogP contribution < -0.4 is 0 Å². The van der Waals surface area contributed by atoms with E-state index in [2.05, 4.69) is 20.8 Å². The lowest BCUT2D eigenvalue weighted by Gasteiger charge is -2.12. The normalized spacial score (nSPS) is 15.2. The van der Waals surface area contributed by atoms with Gasteiger partial charge in [0, 0.05) is 12.8 Å². The summed E-state index contributed by atoms with van der Waals surface area (Å²) in [6, 6.07) is 0. The third-order valence-electron chi connectivity index (χ3n) is 7.18. The number of aliphatic hydroxyl groups is 3. The van der Waals surface area contributed by atoms with Crippen LogP contribution >= 0.6 is 0 Å². The summed E-state index contributed by atoms with van der Waals surface area (Å²) in [6.45, 7) is 6.22. The summed E-state index contributed by atoms with van der Waals surface area (Å²) in [5.74, 6) is 0.0710. The average molecular weight is 631 g/mol. The predicted octanol–water partition coefficient (Wildman–Crippen LogP) is 8.02. The number of carbonyl (C=O) groups excluding carboxylic acids is 2. The van der Waals surface area contributed by atoms with Gasteiger partial charge in [-0.2, -0.15) is 0 Å². The first-order chi connectivity index (χ1) is 21.8. The van der Waals surface area contributed by atoms with Gasteiger partial charge in [0.15, 0.2) is 0 Å². The molecule has 0 radical (unpaired) electrons. The second kappa shape index (κ2) is 31.3. The van der Waals surface area contributed by atoms with E-state index >= 15 is 0 Å². The van der Waals surface area contributed by atoms with Gasteiger partial charge in [-0.15, -0.1) is 0 Å². The molecule has 0 saturated carbocycles. The van der Waals surface area contributed by atoms with Gasteiger partial charge in [0.05, 0.1) is 12.2 Å². The van der Waals surface area contributed by atoms with E-state index < -0.39 is 24.3 Å². The van der Waals surface area contributed by atoms with Crippen molar-refractivity contribution in [2.45, 2.75) is 135 Å². The molecule has 0 aromatic rings. The summed E-state index contributed by atoms with van der Waals surface area (Å²) >= 11 is 0. The van der Waals surface area contributed by atoms with Gasteiger partial charge >= 0.3 is 11.9 Å². The lowest BCUT2D eigenvalue weighted by Crippen LogP contribution is -2.25. The topological polar surface area (TPSA) is 113 Å². The molecule has 0 aliphatic rings. The summed E-state index contributed by atoms with van der Waals surface area (Å²) in [4.78, 5) is 23.8. The molecular weight excluding hydrogens is 568 g/mol. The fourth-order valence-electron chi connectivity index (χ4n) is 4.14. The highest BCUT2D eigenvalue weighted by Crippen LogP contribution is 2.14. The Hall–Kier alpha value is -2.74. The molecule has 0 amide bonds. The van der Waals surface area contributed by atoms with E-state index in [1.165, 1.54) is 32.1 Å². The van der Waals surface area contributed by atoms with Crippen molar-refractivity contribution >= 4 is 11.9 Å². The average Bonchev–Trinajstić information content (AvgIpc) is 3.03. The van der Waals surface area contributed by atoms with Gasteiger partial charge in [0.2, 0.25) is 0 Å². The lowest BCUT2D eigenvalue weighted by atomic mass is 10.00. The standard InChI is InChI=1S/C38H62O7/c1-4-6-17-25-34(39)27-20-15-16-21-28-35(40)26-19-12-8-10-14-23-30-38(43)45-32-36(41)31-44-37(42)29-22-13-9-7-11-18-24-33(3)5-2/h6,10,12,14-17,19-21,27-28,33-36,39-41H,4-5,7-9,11,13,18,22-26,29-32H2,1-3H3/b14-10-,16-15-,17-6-,19-12-,27-20+,28-21+/t33?,34-,35+,36+/m1/s1. The molecule has 0 bridgehead atoms. The predicted molar refractivity (Wildman–Crippen MR) is 185 cm³/mol. The molecule has 0 fully saturated rings. The van der Waals surface area contributed by atoms with Gasteiger partial charge < -0.3 is 24.8 Å². The molecule has 0 aromatic heterocycles. The quantitative estimate of drug-likeness (QED) is 0.0347. The number of ether oxygens (including phenoxy) is 2. The summed E-state index contributed by atoms with van der Waals surface area (Å²) < 4.78 is 10.2.